The highest BCUT2D eigenvalue weighted by molar-refractivity contribution is 5.68. The highest BCUT2D eigenvalue weighted by Crippen LogP contribution is 2.51. The molecular weight excluding hydrogens is 276 g/mol. The van der Waals surface area contributed by atoms with Crippen LogP contribution in [0.4, 0.5) is 4.79 Å². The number of carbonyl (C=O) groups excluding carboxylic acids is 1. The minimum absolute atomic E-state index is 0.148. The van der Waals surface area contributed by atoms with Crippen LogP contribution in [0.3, 0.4) is 0 Å². The minimum Gasteiger partial charge on any atom is -0.444 e. The summed E-state index contributed by atoms with van der Waals surface area (Å²) in [5, 5.41) is 3.66. The molecule has 1 aliphatic carbocycles. The number of hydrogen-bond acceptors (Lipinski definition) is 3. The van der Waals surface area contributed by atoms with Gasteiger partial charge in [-0.25, -0.2) is 4.79 Å². The first-order valence-corrected chi connectivity index (χ1v) is 8.81. The predicted molar refractivity (Wildman–Crippen MR) is 89.9 cm³/mol. The summed E-state index contributed by atoms with van der Waals surface area (Å²) in [6.07, 6.45) is 4.39. The first-order chi connectivity index (χ1) is 10.1. The molecule has 128 valence electrons. The van der Waals surface area contributed by atoms with E-state index in [-0.39, 0.29) is 6.09 Å². The lowest BCUT2D eigenvalue weighted by molar-refractivity contribution is 0.0214. The van der Waals surface area contributed by atoms with E-state index in [0.29, 0.717) is 17.5 Å². The molecule has 2 rings (SSSR count). The Morgan fingerprint density at radius 3 is 2.59 bits per heavy atom. The molecule has 0 aromatic rings. The second kappa shape index (κ2) is 6.38. The van der Waals surface area contributed by atoms with Crippen LogP contribution in [0.1, 0.15) is 67.2 Å². The molecule has 22 heavy (non-hydrogen) atoms. The van der Waals surface area contributed by atoms with Crippen LogP contribution < -0.4 is 5.32 Å². The first kappa shape index (κ1) is 17.6. The van der Waals surface area contributed by atoms with Crippen LogP contribution in [0.15, 0.2) is 0 Å². The standard InChI is InChI=1S/C18H34N2O2/c1-13(19-12-14-11-18(14,5)6)10-15-8-7-9-20(15)16(21)22-17(2,3)4/h13-15,19H,7-12H2,1-6H3. The predicted octanol–water partition coefficient (Wildman–Crippen LogP) is 3.80. The van der Waals surface area contributed by atoms with E-state index in [4.69, 9.17) is 4.74 Å². The van der Waals surface area contributed by atoms with Crippen LogP contribution in [0.5, 0.6) is 0 Å². The molecular formula is C18H34N2O2. The van der Waals surface area contributed by atoms with Crippen LogP contribution in [0, 0.1) is 11.3 Å². The second-order valence-electron chi connectivity index (χ2n) is 8.90. The van der Waals surface area contributed by atoms with Gasteiger partial charge < -0.3 is 15.0 Å². The lowest BCUT2D eigenvalue weighted by atomic mass is 10.1. The summed E-state index contributed by atoms with van der Waals surface area (Å²) in [5.74, 6) is 0.820. The highest BCUT2D eigenvalue weighted by Gasteiger charge is 2.45. The van der Waals surface area contributed by atoms with Gasteiger partial charge in [-0.05, 0) is 71.3 Å². The molecule has 0 aromatic carbocycles. The van der Waals surface area contributed by atoms with E-state index in [1.165, 1.54) is 6.42 Å². The van der Waals surface area contributed by atoms with Gasteiger partial charge in [0.25, 0.3) is 0 Å². The maximum absolute atomic E-state index is 12.3. The van der Waals surface area contributed by atoms with E-state index >= 15 is 0 Å². The summed E-state index contributed by atoms with van der Waals surface area (Å²) in [6, 6.07) is 0.772. The van der Waals surface area contributed by atoms with E-state index in [9.17, 15) is 4.79 Å². The van der Waals surface area contributed by atoms with Crippen LogP contribution in [-0.2, 0) is 4.74 Å². The third kappa shape index (κ3) is 4.87. The van der Waals surface area contributed by atoms with Crippen molar-refractivity contribution in [1.82, 2.24) is 10.2 Å². The molecule has 1 aliphatic heterocycles. The first-order valence-electron chi connectivity index (χ1n) is 8.81. The van der Waals surface area contributed by atoms with Gasteiger partial charge in [0.1, 0.15) is 5.60 Å². The number of carbonyl (C=O) groups is 1. The summed E-state index contributed by atoms with van der Waals surface area (Å²) in [6.45, 7) is 14.6. The Morgan fingerprint density at radius 2 is 2.05 bits per heavy atom. The number of likely N-dealkylation sites (tertiary alicyclic amines) is 1. The molecule has 1 saturated carbocycles. The topological polar surface area (TPSA) is 41.6 Å². The third-order valence-corrected chi connectivity index (χ3v) is 5.06. The fourth-order valence-electron chi connectivity index (χ4n) is 3.40. The second-order valence-corrected chi connectivity index (χ2v) is 8.90. The maximum Gasteiger partial charge on any atom is 0.410 e. The molecule has 1 saturated heterocycles. The average molecular weight is 310 g/mol. The van der Waals surface area contributed by atoms with Gasteiger partial charge >= 0.3 is 6.09 Å². The van der Waals surface area contributed by atoms with Crippen molar-refractivity contribution in [2.45, 2.75) is 84.9 Å². The zero-order chi connectivity index (χ0) is 16.5. The molecule has 2 fully saturated rings. The molecule has 0 aromatic heterocycles. The van der Waals surface area contributed by atoms with Gasteiger partial charge in [0.05, 0.1) is 0 Å². The summed E-state index contributed by atoms with van der Waals surface area (Å²) in [4.78, 5) is 14.2. The average Bonchev–Trinajstić information content (AvgIpc) is 2.77. The van der Waals surface area contributed by atoms with Gasteiger partial charge in [-0.15, -0.1) is 0 Å². The zero-order valence-corrected chi connectivity index (χ0v) is 15.2. The highest BCUT2D eigenvalue weighted by atomic mass is 16.6. The molecule has 1 heterocycles. The lowest BCUT2D eigenvalue weighted by Crippen LogP contribution is -2.42. The molecule has 1 N–H and O–H groups in total. The number of hydrogen-bond donors (Lipinski definition) is 1. The molecule has 3 unspecified atom stereocenters. The van der Waals surface area contributed by atoms with E-state index in [0.717, 1.165) is 38.3 Å². The Balaban J connectivity index is 1.77. The van der Waals surface area contributed by atoms with Crippen molar-refractivity contribution in [3.8, 4) is 0 Å². The quantitative estimate of drug-likeness (QED) is 0.840. The van der Waals surface area contributed by atoms with E-state index in [2.05, 4.69) is 26.1 Å². The Hall–Kier alpha value is -0.770. The van der Waals surface area contributed by atoms with Gasteiger partial charge in [0, 0.05) is 18.6 Å². The van der Waals surface area contributed by atoms with Crippen molar-refractivity contribution in [2.24, 2.45) is 11.3 Å². The van der Waals surface area contributed by atoms with Crippen molar-refractivity contribution in [1.29, 1.82) is 0 Å². The Labute approximate surface area is 136 Å². The molecule has 0 radical (unpaired) electrons. The van der Waals surface area contributed by atoms with Crippen molar-refractivity contribution >= 4 is 6.09 Å². The molecule has 4 heteroatoms. The fraction of sp³-hybridized carbons (Fsp3) is 0.944. The molecule has 2 aliphatic rings. The van der Waals surface area contributed by atoms with E-state index in [1.807, 2.05) is 25.7 Å². The van der Waals surface area contributed by atoms with Gasteiger partial charge in [0.15, 0.2) is 0 Å². The summed E-state index contributed by atoms with van der Waals surface area (Å²) in [5.41, 5.74) is 0.119. The van der Waals surface area contributed by atoms with Crippen LogP contribution in [0.25, 0.3) is 0 Å². The molecule has 1 amide bonds. The number of amides is 1. The Kier molecular flexibility index (Phi) is 5.10. The van der Waals surface area contributed by atoms with Crippen LogP contribution >= 0.6 is 0 Å². The van der Waals surface area contributed by atoms with Gasteiger partial charge in [-0.1, -0.05) is 13.8 Å². The fourth-order valence-corrected chi connectivity index (χ4v) is 3.40. The van der Waals surface area contributed by atoms with Crippen molar-refractivity contribution in [2.75, 3.05) is 13.1 Å². The van der Waals surface area contributed by atoms with Gasteiger partial charge in [-0.3, -0.25) is 0 Å². The summed E-state index contributed by atoms with van der Waals surface area (Å²) < 4.78 is 5.54. The number of nitrogens with one attached hydrogen (secondary N) is 1. The lowest BCUT2D eigenvalue weighted by Gasteiger charge is -2.30. The van der Waals surface area contributed by atoms with Crippen molar-refractivity contribution in [3.63, 3.8) is 0 Å². The molecule has 0 spiro atoms. The van der Waals surface area contributed by atoms with Gasteiger partial charge in [-0.2, -0.15) is 0 Å². The zero-order valence-electron chi connectivity index (χ0n) is 15.2. The number of ether oxygens (including phenoxy) is 1. The van der Waals surface area contributed by atoms with Crippen molar-refractivity contribution in [3.05, 3.63) is 0 Å². The van der Waals surface area contributed by atoms with Gasteiger partial charge in [0.2, 0.25) is 0 Å². The van der Waals surface area contributed by atoms with E-state index in [1.54, 1.807) is 0 Å². The Morgan fingerprint density at radius 1 is 1.41 bits per heavy atom. The van der Waals surface area contributed by atoms with Crippen LogP contribution in [0.2, 0.25) is 0 Å². The minimum atomic E-state index is -0.411. The monoisotopic (exact) mass is 310 g/mol. The van der Waals surface area contributed by atoms with E-state index < -0.39 is 5.60 Å². The SMILES string of the molecule is CC(CC1CCCN1C(=O)OC(C)(C)C)NCC1CC1(C)C. The largest absolute Gasteiger partial charge is 0.444 e. The molecule has 0 bridgehead atoms. The third-order valence-electron chi connectivity index (χ3n) is 5.06. The number of rotatable bonds is 5. The Bertz CT molecular complexity index is 400. The van der Waals surface area contributed by atoms with Crippen molar-refractivity contribution < 1.29 is 9.53 Å². The smallest absolute Gasteiger partial charge is 0.410 e. The molecule has 4 nitrogen and oxygen atoms in total. The summed E-state index contributed by atoms with van der Waals surface area (Å²) >= 11 is 0. The number of nitrogens with zero attached hydrogens (tertiary/aromatic N) is 1. The maximum atomic E-state index is 12.3. The molecule has 3 atom stereocenters. The van der Waals surface area contributed by atoms with Crippen LogP contribution in [-0.4, -0.2) is 41.8 Å². The summed E-state index contributed by atoms with van der Waals surface area (Å²) in [7, 11) is 0. The normalized spacial score (nSPS) is 28.5.